The van der Waals surface area contributed by atoms with Gasteiger partial charge in [-0.15, -0.1) is 0 Å². The molecular formula is C22H26N2O4. The van der Waals surface area contributed by atoms with Gasteiger partial charge < -0.3 is 19.7 Å². The van der Waals surface area contributed by atoms with Crippen molar-refractivity contribution in [2.75, 3.05) is 27.3 Å². The normalized spacial score (nSPS) is 12.9. The zero-order valence-corrected chi connectivity index (χ0v) is 16.8. The van der Waals surface area contributed by atoms with E-state index in [4.69, 9.17) is 9.47 Å². The van der Waals surface area contributed by atoms with E-state index in [1.807, 2.05) is 44.2 Å². The van der Waals surface area contributed by atoms with E-state index in [2.05, 4.69) is 5.32 Å². The summed E-state index contributed by atoms with van der Waals surface area (Å²) >= 11 is 0. The molecule has 0 aromatic heterocycles. The number of benzene rings is 2. The predicted octanol–water partition coefficient (Wildman–Crippen LogP) is 2.64. The van der Waals surface area contributed by atoms with Crippen LogP contribution in [0.15, 0.2) is 30.3 Å². The van der Waals surface area contributed by atoms with Gasteiger partial charge in [0.25, 0.3) is 5.91 Å². The Hall–Kier alpha value is -3.02. The lowest BCUT2D eigenvalue weighted by Crippen LogP contribution is -2.42. The first-order valence-corrected chi connectivity index (χ1v) is 9.29. The van der Waals surface area contributed by atoms with Crippen molar-refractivity contribution in [3.8, 4) is 11.5 Å². The zero-order valence-electron chi connectivity index (χ0n) is 16.8. The highest BCUT2D eigenvalue weighted by Gasteiger charge is 2.23. The van der Waals surface area contributed by atoms with Crippen LogP contribution in [-0.4, -0.2) is 44.0 Å². The number of amides is 2. The van der Waals surface area contributed by atoms with Crippen molar-refractivity contribution >= 4 is 11.8 Å². The summed E-state index contributed by atoms with van der Waals surface area (Å²) < 4.78 is 10.7. The van der Waals surface area contributed by atoms with Crippen LogP contribution in [0.2, 0.25) is 0 Å². The summed E-state index contributed by atoms with van der Waals surface area (Å²) in [7, 11) is 3.21. The van der Waals surface area contributed by atoms with Gasteiger partial charge in [-0.25, -0.2) is 0 Å². The fraction of sp³-hybridized carbons (Fsp3) is 0.364. The monoisotopic (exact) mass is 382 g/mol. The fourth-order valence-electron chi connectivity index (χ4n) is 3.57. The molecule has 0 saturated carbocycles. The molecule has 0 saturated heterocycles. The maximum absolute atomic E-state index is 12.6. The second-order valence-electron chi connectivity index (χ2n) is 7.10. The standard InChI is InChI=1S/C22H26N2O4/c1-14-7-15(2)9-17(8-14)22(26)23-12-21(25)24-6-5-16-10-19(27-3)20(28-4)11-18(16)13-24/h7-11H,5-6,12-13H2,1-4H3,(H,23,26). The molecule has 28 heavy (non-hydrogen) atoms. The van der Waals surface area contributed by atoms with E-state index >= 15 is 0 Å². The first-order chi connectivity index (χ1) is 13.4. The summed E-state index contributed by atoms with van der Waals surface area (Å²) in [5.74, 6) is 1.02. The average Bonchev–Trinajstić information content (AvgIpc) is 2.69. The zero-order chi connectivity index (χ0) is 20.3. The molecular weight excluding hydrogens is 356 g/mol. The smallest absolute Gasteiger partial charge is 0.251 e. The van der Waals surface area contributed by atoms with Crippen LogP contribution in [0.25, 0.3) is 0 Å². The highest BCUT2D eigenvalue weighted by Crippen LogP contribution is 2.33. The van der Waals surface area contributed by atoms with Crippen molar-refractivity contribution in [3.63, 3.8) is 0 Å². The molecule has 0 radical (unpaired) electrons. The minimum absolute atomic E-state index is 0.0194. The van der Waals surface area contributed by atoms with Crippen LogP contribution in [0.3, 0.4) is 0 Å². The second kappa shape index (κ2) is 8.33. The van der Waals surface area contributed by atoms with E-state index in [1.54, 1.807) is 19.1 Å². The van der Waals surface area contributed by atoms with Gasteiger partial charge >= 0.3 is 0 Å². The summed E-state index contributed by atoms with van der Waals surface area (Å²) in [5.41, 5.74) is 4.81. The Morgan fingerprint density at radius 3 is 2.18 bits per heavy atom. The number of hydrogen-bond acceptors (Lipinski definition) is 4. The van der Waals surface area contributed by atoms with Crippen molar-refractivity contribution < 1.29 is 19.1 Å². The first-order valence-electron chi connectivity index (χ1n) is 9.29. The summed E-state index contributed by atoms with van der Waals surface area (Å²) in [6.07, 6.45) is 0.743. The maximum Gasteiger partial charge on any atom is 0.251 e. The Morgan fingerprint density at radius 1 is 0.964 bits per heavy atom. The number of hydrogen-bond donors (Lipinski definition) is 1. The molecule has 1 aliphatic rings. The number of nitrogens with zero attached hydrogens (tertiary/aromatic N) is 1. The maximum atomic E-state index is 12.6. The Balaban J connectivity index is 1.64. The highest BCUT2D eigenvalue weighted by molar-refractivity contribution is 5.96. The first kappa shape index (κ1) is 19.7. The van der Waals surface area contributed by atoms with Gasteiger partial charge in [0.15, 0.2) is 11.5 Å². The molecule has 148 valence electrons. The number of aryl methyl sites for hydroxylation is 2. The van der Waals surface area contributed by atoms with Crippen LogP contribution in [0, 0.1) is 13.8 Å². The van der Waals surface area contributed by atoms with Crippen molar-refractivity contribution in [2.24, 2.45) is 0 Å². The summed E-state index contributed by atoms with van der Waals surface area (Å²) in [6.45, 7) is 4.98. The minimum atomic E-state index is -0.232. The van der Waals surface area contributed by atoms with E-state index in [0.29, 0.717) is 30.2 Å². The number of carbonyl (C=O) groups is 2. The van der Waals surface area contributed by atoms with Gasteiger partial charge in [0, 0.05) is 18.7 Å². The third-order valence-corrected chi connectivity index (χ3v) is 4.95. The van der Waals surface area contributed by atoms with E-state index in [1.165, 1.54) is 0 Å². The number of nitrogens with one attached hydrogen (secondary N) is 1. The molecule has 0 unspecified atom stereocenters. The van der Waals surface area contributed by atoms with Gasteiger partial charge in [0.2, 0.25) is 5.91 Å². The molecule has 0 spiro atoms. The molecule has 0 fully saturated rings. The van der Waals surface area contributed by atoms with E-state index in [-0.39, 0.29) is 18.4 Å². The lowest BCUT2D eigenvalue weighted by molar-refractivity contribution is -0.131. The van der Waals surface area contributed by atoms with Crippen molar-refractivity contribution in [1.82, 2.24) is 10.2 Å². The van der Waals surface area contributed by atoms with Crippen LogP contribution in [0.5, 0.6) is 11.5 Å². The lowest BCUT2D eigenvalue weighted by Gasteiger charge is -2.29. The average molecular weight is 382 g/mol. The third-order valence-electron chi connectivity index (χ3n) is 4.95. The van der Waals surface area contributed by atoms with Crippen LogP contribution in [-0.2, 0) is 17.8 Å². The molecule has 6 nitrogen and oxygen atoms in total. The molecule has 0 bridgehead atoms. The van der Waals surface area contributed by atoms with E-state index in [9.17, 15) is 9.59 Å². The molecule has 2 aromatic carbocycles. The molecule has 1 heterocycles. The van der Waals surface area contributed by atoms with Crippen LogP contribution in [0.1, 0.15) is 32.6 Å². The van der Waals surface area contributed by atoms with Gasteiger partial charge in [-0.2, -0.15) is 0 Å². The largest absolute Gasteiger partial charge is 0.493 e. The molecule has 1 aliphatic heterocycles. The predicted molar refractivity (Wildman–Crippen MR) is 107 cm³/mol. The highest BCUT2D eigenvalue weighted by atomic mass is 16.5. The van der Waals surface area contributed by atoms with Gasteiger partial charge in [-0.1, -0.05) is 17.2 Å². The molecule has 1 N–H and O–H groups in total. The Bertz CT molecular complexity index is 887. The fourth-order valence-corrected chi connectivity index (χ4v) is 3.57. The van der Waals surface area contributed by atoms with Crippen LogP contribution >= 0.6 is 0 Å². The summed E-state index contributed by atoms with van der Waals surface area (Å²) in [4.78, 5) is 26.7. The van der Waals surface area contributed by atoms with Gasteiger partial charge in [-0.3, -0.25) is 9.59 Å². The molecule has 0 atom stereocenters. The van der Waals surface area contributed by atoms with E-state index < -0.39 is 0 Å². The summed E-state index contributed by atoms with van der Waals surface area (Å²) in [5, 5.41) is 2.74. The minimum Gasteiger partial charge on any atom is -0.493 e. The Labute approximate surface area is 165 Å². The van der Waals surface area contributed by atoms with Crippen LogP contribution in [0.4, 0.5) is 0 Å². The van der Waals surface area contributed by atoms with Crippen molar-refractivity contribution in [3.05, 3.63) is 58.1 Å². The number of rotatable bonds is 5. The number of methoxy groups -OCH3 is 2. The van der Waals surface area contributed by atoms with Crippen molar-refractivity contribution in [1.29, 1.82) is 0 Å². The topological polar surface area (TPSA) is 67.9 Å². The third kappa shape index (κ3) is 4.27. The lowest BCUT2D eigenvalue weighted by atomic mass is 9.98. The number of fused-ring (bicyclic) bond motifs is 1. The second-order valence-corrected chi connectivity index (χ2v) is 7.10. The molecule has 6 heteroatoms. The van der Waals surface area contributed by atoms with Crippen LogP contribution < -0.4 is 14.8 Å². The number of ether oxygens (including phenoxy) is 2. The van der Waals surface area contributed by atoms with Gasteiger partial charge in [0.1, 0.15) is 0 Å². The molecule has 3 rings (SSSR count). The number of carbonyl (C=O) groups excluding carboxylic acids is 2. The molecule has 2 aromatic rings. The molecule has 0 aliphatic carbocycles. The van der Waals surface area contributed by atoms with Gasteiger partial charge in [0.05, 0.1) is 20.8 Å². The SMILES string of the molecule is COc1cc2c(cc1OC)CN(C(=O)CNC(=O)c1cc(C)cc(C)c1)CC2. The Kier molecular flexibility index (Phi) is 5.87. The van der Waals surface area contributed by atoms with E-state index in [0.717, 1.165) is 28.7 Å². The quantitative estimate of drug-likeness (QED) is 0.863. The van der Waals surface area contributed by atoms with Gasteiger partial charge in [-0.05, 0) is 55.7 Å². The van der Waals surface area contributed by atoms with Crippen molar-refractivity contribution in [2.45, 2.75) is 26.8 Å². The molecule has 2 amide bonds. The summed E-state index contributed by atoms with van der Waals surface area (Å²) in [6, 6.07) is 9.54. The Morgan fingerprint density at radius 2 is 1.57 bits per heavy atom.